The lowest BCUT2D eigenvalue weighted by atomic mass is 9.85. The van der Waals surface area contributed by atoms with Crippen molar-refractivity contribution in [1.82, 2.24) is 5.32 Å². The number of aryl methyl sites for hydroxylation is 1. The van der Waals surface area contributed by atoms with Crippen LogP contribution in [0.1, 0.15) is 43.2 Å². The lowest BCUT2D eigenvalue weighted by molar-refractivity contribution is 0.00466. The molecule has 0 aromatic heterocycles. The second-order valence-electron chi connectivity index (χ2n) is 5.46. The molecule has 0 bridgehead atoms. The van der Waals surface area contributed by atoms with E-state index in [1.807, 2.05) is 13.0 Å². The first kappa shape index (κ1) is 13.5. The number of rotatable bonds is 4. The largest absolute Gasteiger partial charge is 0.389 e. The van der Waals surface area contributed by atoms with Crippen LogP contribution in [0.2, 0.25) is 0 Å². The van der Waals surface area contributed by atoms with Crippen LogP contribution in [-0.2, 0) is 6.54 Å². The number of aliphatic hydroxyl groups is 1. The van der Waals surface area contributed by atoms with Crippen molar-refractivity contribution in [1.29, 1.82) is 0 Å². The van der Waals surface area contributed by atoms with Crippen LogP contribution in [0.5, 0.6) is 0 Å². The summed E-state index contributed by atoms with van der Waals surface area (Å²) in [4.78, 5) is 0. The van der Waals surface area contributed by atoms with Crippen LogP contribution in [0.4, 0.5) is 4.39 Å². The van der Waals surface area contributed by atoms with E-state index in [-0.39, 0.29) is 5.82 Å². The quantitative estimate of drug-likeness (QED) is 0.862. The topological polar surface area (TPSA) is 32.3 Å². The standard InChI is InChI=1S/C15H22FNO/c1-12-9-14(16)6-5-13(12)10-17-11-15(18)7-3-2-4-8-15/h5-6,9,17-18H,2-4,7-8,10-11H2,1H3. The highest BCUT2D eigenvalue weighted by Gasteiger charge is 2.28. The van der Waals surface area contributed by atoms with Crippen LogP contribution in [-0.4, -0.2) is 17.3 Å². The molecule has 2 nitrogen and oxygen atoms in total. The van der Waals surface area contributed by atoms with Gasteiger partial charge in [0, 0.05) is 13.1 Å². The highest BCUT2D eigenvalue weighted by atomic mass is 19.1. The fourth-order valence-corrected chi connectivity index (χ4v) is 2.67. The molecule has 0 heterocycles. The van der Waals surface area contributed by atoms with E-state index < -0.39 is 5.60 Å². The summed E-state index contributed by atoms with van der Waals surface area (Å²) < 4.78 is 13.0. The second-order valence-corrected chi connectivity index (χ2v) is 5.46. The molecule has 100 valence electrons. The molecule has 0 saturated heterocycles. The molecule has 2 N–H and O–H groups in total. The molecule has 1 aromatic rings. The van der Waals surface area contributed by atoms with Crippen LogP contribution in [0.25, 0.3) is 0 Å². The van der Waals surface area contributed by atoms with E-state index in [9.17, 15) is 9.50 Å². The van der Waals surface area contributed by atoms with Crippen molar-refractivity contribution >= 4 is 0 Å². The van der Waals surface area contributed by atoms with Crippen LogP contribution >= 0.6 is 0 Å². The minimum atomic E-state index is -0.536. The van der Waals surface area contributed by atoms with Gasteiger partial charge in [-0.3, -0.25) is 0 Å². The van der Waals surface area contributed by atoms with E-state index in [4.69, 9.17) is 0 Å². The lowest BCUT2D eigenvalue weighted by Gasteiger charge is -2.32. The van der Waals surface area contributed by atoms with Crippen LogP contribution < -0.4 is 5.32 Å². The van der Waals surface area contributed by atoms with E-state index in [1.165, 1.54) is 12.5 Å². The highest BCUT2D eigenvalue weighted by Crippen LogP contribution is 2.27. The summed E-state index contributed by atoms with van der Waals surface area (Å²) in [5.74, 6) is -0.192. The molecule has 1 aliphatic rings. The summed E-state index contributed by atoms with van der Waals surface area (Å²) in [5.41, 5.74) is 1.51. The van der Waals surface area contributed by atoms with Gasteiger partial charge in [0.25, 0.3) is 0 Å². The van der Waals surface area contributed by atoms with Gasteiger partial charge in [0.15, 0.2) is 0 Å². The maximum atomic E-state index is 13.0. The maximum absolute atomic E-state index is 13.0. The van der Waals surface area contributed by atoms with Crippen LogP contribution in [0.3, 0.4) is 0 Å². The SMILES string of the molecule is Cc1cc(F)ccc1CNCC1(O)CCCCC1. The highest BCUT2D eigenvalue weighted by molar-refractivity contribution is 5.26. The summed E-state index contributed by atoms with van der Waals surface area (Å²) in [5, 5.41) is 13.6. The van der Waals surface area contributed by atoms with Gasteiger partial charge in [-0.2, -0.15) is 0 Å². The third-order valence-electron chi connectivity index (χ3n) is 3.86. The van der Waals surface area contributed by atoms with E-state index in [0.29, 0.717) is 13.1 Å². The Labute approximate surface area is 108 Å². The molecule has 1 aromatic carbocycles. The number of hydrogen-bond donors (Lipinski definition) is 2. The van der Waals surface area contributed by atoms with Gasteiger partial charge in [-0.25, -0.2) is 4.39 Å². The molecule has 1 fully saturated rings. The molecule has 1 aliphatic carbocycles. The van der Waals surface area contributed by atoms with E-state index in [2.05, 4.69) is 5.32 Å². The average molecular weight is 251 g/mol. The van der Waals surface area contributed by atoms with Crippen molar-refractivity contribution in [2.24, 2.45) is 0 Å². The fraction of sp³-hybridized carbons (Fsp3) is 0.600. The van der Waals surface area contributed by atoms with Crippen molar-refractivity contribution in [3.05, 3.63) is 35.1 Å². The Bertz CT molecular complexity index is 399. The van der Waals surface area contributed by atoms with E-state index in [0.717, 1.165) is 36.8 Å². The minimum absolute atomic E-state index is 0.192. The third-order valence-corrected chi connectivity index (χ3v) is 3.86. The molecule has 0 unspecified atom stereocenters. The Morgan fingerprint density at radius 1 is 1.28 bits per heavy atom. The predicted molar refractivity (Wildman–Crippen MR) is 70.9 cm³/mol. The Morgan fingerprint density at radius 2 is 2.00 bits per heavy atom. The van der Waals surface area contributed by atoms with E-state index >= 15 is 0 Å². The summed E-state index contributed by atoms with van der Waals surface area (Å²) in [7, 11) is 0. The first-order chi connectivity index (χ1) is 8.59. The average Bonchev–Trinajstić information content (AvgIpc) is 2.33. The monoisotopic (exact) mass is 251 g/mol. The zero-order chi connectivity index (χ0) is 13.0. The van der Waals surface area contributed by atoms with Crippen molar-refractivity contribution in [3.8, 4) is 0 Å². The third kappa shape index (κ3) is 3.53. The molecule has 0 spiro atoms. The van der Waals surface area contributed by atoms with Gasteiger partial charge >= 0.3 is 0 Å². The molecule has 0 aliphatic heterocycles. The molecule has 3 heteroatoms. The van der Waals surface area contributed by atoms with Crippen molar-refractivity contribution in [2.45, 2.75) is 51.2 Å². The molecule has 0 radical (unpaired) electrons. The van der Waals surface area contributed by atoms with E-state index in [1.54, 1.807) is 6.07 Å². The first-order valence-corrected chi connectivity index (χ1v) is 6.77. The predicted octanol–water partition coefficient (Wildman–Crippen LogP) is 2.92. The van der Waals surface area contributed by atoms with Crippen molar-refractivity contribution in [3.63, 3.8) is 0 Å². The number of hydrogen-bond acceptors (Lipinski definition) is 2. The molecule has 0 amide bonds. The molecular weight excluding hydrogens is 229 g/mol. The Kier molecular flexibility index (Phi) is 4.36. The van der Waals surface area contributed by atoms with Gasteiger partial charge in [0.1, 0.15) is 5.82 Å². The van der Waals surface area contributed by atoms with Gasteiger partial charge in [-0.05, 0) is 43.0 Å². The molecule has 18 heavy (non-hydrogen) atoms. The van der Waals surface area contributed by atoms with Gasteiger partial charge in [-0.1, -0.05) is 25.3 Å². The number of halogens is 1. The first-order valence-electron chi connectivity index (χ1n) is 6.77. The van der Waals surface area contributed by atoms with Gasteiger partial charge < -0.3 is 10.4 Å². The Hall–Kier alpha value is -0.930. The van der Waals surface area contributed by atoms with Crippen molar-refractivity contribution in [2.75, 3.05) is 6.54 Å². The molecular formula is C15H22FNO. The van der Waals surface area contributed by atoms with Gasteiger partial charge in [-0.15, -0.1) is 0 Å². The zero-order valence-corrected chi connectivity index (χ0v) is 11.0. The molecule has 0 atom stereocenters. The molecule has 2 rings (SSSR count). The summed E-state index contributed by atoms with van der Waals surface area (Å²) in [6.45, 7) is 3.23. The smallest absolute Gasteiger partial charge is 0.123 e. The zero-order valence-electron chi connectivity index (χ0n) is 11.0. The summed E-state index contributed by atoms with van der Waals surface area (Å²) in [6, 6.07) is 4.84. The Balaban J connectivity index is 1.84. The minimum Gasteiger partial charge on any atom is -0.389 e. The molecule has 1 saturated carbocycles. The lowest BCUT2D eigenvalue weighted by Crippen LogP contribution is -2.41. The van der Waals surface area contributed by atoms with Crippen LogP contribution in [0.15, 0.2) is 18.2 Å². The number of nitrogens with one attached hydrogen (secondary N) is 1. The Morgan fingerprint density at radius 3 is 2.67 bits per heavy atom. The second kappa shape index (κ2) is 5.81. The summed E-state index contributed by atoms with van der Waals surface area (Å²) in [6.07, 6.45) is 5.26. The number of benzene rings is 1. The van der Waals surface area contributed by atoms with Crippen molar-refractivity contribution < 1.29 is 9.50 Å². The van der Waals surface area contributed by atoms with Crippen LogP contribution in [0, 0.1) is 12.7 Å². The van der Waals surface area contributed by atoms with Gasteiger partial charge in [0.2, 0.25) is 0 Å². The fourth-order valence-electron chi connectivity index (χ4n) is 2.67. The summed E-state index contributed by atoms with van der Waals surface area (Å²) >= 11 is 0. The van der Waals surface area contributed by atoms with Gasteiger partial charge in [0.05, 0.1) is 5.60 Å². The maximum Gasteiger partial charge on any atom is 0.123 e. The normalized spacial score (nSPS) is 18.8.